The highest BCUT2D eigenvalue weighted by Crippen LogP contribution is 2.49. The van der Waals surface area contributed by atoms with E-state index in [9.17, 15) is 5.21 Å². The van der Waals surface area contributed by atoms with E-state index in [2.05, 4.69) is 11.5 Å². The van der Waals surface area contributed by atoms with Crippen molar-refractivity contribution in [2.24, 2.45) is 0 Å². The maximum absolute atomic E-state index is 9.59. The molecular formula is C14H19NO3. The highest BCUT2D eigenvalue weighted by molar-refractivity contribution is 5.36. The molecule has 1 heterocycles. The van der Waals surface area contributed by atoms with Gasteiger partial charge >= 0.3 is 0 Å². The molecule has 1 saturated carbocycles. The summed E-state index contributed by atoms with van der Waals surface area (Å²) in [6.45, 7) is 0. The van der Waals surface area contributed by atoms with E-state index in [4.69, 9.17) is 9.47 Å². The summed E-state index contributed by atoms with van der Waals surface area (Å²) in [5.74, 6) is 0. The number of hydrogen-bond acceptors (Lipinski definition) is 4. The molecule has 1 aromatic rings. The molecule has 98 valence electrons. The molecule has 0 aromatic heterocycles. The third-order valence-electron chi connectivity index (χ3n) is 4.23. The predicted octanol–water partition coefficient (Wildman–Crippen LogP) is 2.69. The summed E-state index contributed by atoms with van der Waals surface area (Å²) in [6, 6.07) is 8.09. The minimum absolute atomic E-state index is 0.133. The van der Waals surface area contributed by atoms with Crippen LogP contribution in [0.15, 0.2) is 24.3 Å². The van der Waals surface area contributed by atoms with E-state index < -0.39 is 0 Å². The lowest BCUT2D eigenvalue weighted by Crippen LogP contribution is -2.46. The molecule has 0 bridgehead atoms. The van der Waals surface area contributed by atoms with Gasteiger partial charge in [0.25, 0.3) is 0 Å². The van der Waals surface area contributed by atoms with Crippen molar-refractivity contribution in [1.29, 1.82) is 0 Å². The minimum Gasteiger partial charge on any atom is -0.352 e. The number of methoxy groups -OCH3 is 1. The van der Waals surface area contributed by atoms with E-state index in [0.717, 1.165) is 36.8 Å². The van der Waals surface area contributed by atoms with Crippen LogP contribution in [0.5, 0.6) is 0 Å². The second kappa shape index (κ2) is 4.63. The van der Waals surface area contributed by atoms with Crippen LogP contribution in [0.25, 0.3) is 0 Å². The molecule has 4 nitrogen and oxygen atoms in total. The fourth-order valence-corrected chi connectivity index (χ4v) is 3.28. The number of fused-ring (bicyclic) bond motifs is 1. The number of benzene rings is 1. The first kappa shape index (κ1) is 12.1. The van der Waals surface area contributed by atoms with E-state index in [1.165, 1.54) is 0 Å². The Morgan fingerprint density at radius 1 is 1.28 bits per heavy atom. The summed E-state index contributed by atoms with van der Waals surface area (Å²) in [5, 5.41) is 9.59. The normalized spacial score (nSPS) is 29.4. The Labute approximate surface area is 107 Å². The van der Waals surface area contributed by atoms with Gasteiger partial charge in [0.15, 0.2) is 6.29 Å². The van der Waals surface area contributed by atoms with Crippen LogP contribution in [0.2, 0.25) is 0 Å². The number of rotatable bonds is 3. The van der Waals surface area contributed by atoms with E-state index in [-0.39, 0.29) is 17.9 Å². The average Bonchev–Trinajstić information content (AvgIpc) is 3.03. The zero-order chi connectivity index (χ0) is 12.6. The maximum atomic E-state index is 9.59. The molecule has 2 atom stereocenters. The standard InChI is InChI=1S/C14H19NO3/c1-17-13-11-7-3-2-6-10(11)12(18-13)14(15-16)8-4-5-9-14/h2-3,6-7,12-13,15-16H,4-5,8-9H2,1H3/t12-,13+/m0/s1. The second-order valence-corrected chi connectivity index (χ2v) is 5.19. The van der Waals surface area contributed by atoms with Crippen LogP contribution in [-0.4, -0.2) is 17.9 Å². The lowest BCUT2D eigenvalue weighted by molar-refractivity contribution is -0.174. The third-order valence-corrected chi connectivity index (χ3v) is 4.23. The summed E-state index contributed by atoms with van der Waals surface area (Å²) in [7, 11) is 1.65. The van der Waals surface area contributed by atoms with Gasteiger partial charge in [-0.2, -0.15) is 5.48 Å². The van der Waals surface area contributed by atoms with Crippen LogP contribution in [0.3, 0.4) is 0 Å². The van der Waals surface area contributed by atoms with Gasteiger partial charge in [-0.25, -0.2) is 0 Å². The zero-order valence-corrected chi connectivity index (χ0v) is 10.6. The Kier molecular flexibility index (Phi) is 3.11. The summed E-state index contributed by atoms with van der Waals surface area (Å²) in [4.78, 5) is 0. The van der Waals surface area contributed by atoms with Gasteiger partial charge in [-0.1, -0.05) is 37.1 Å². The van der Waals surface area contributed by atoms with Crippen LogP contribution in [0.4, 0.5) is 0 Å². The third kappa shape index (κ3) is 1.68. The molecule has 4 heteroatoms. The van der Waals surface area contributed by atoms with Gasteiger partial charge in [0.1, 0.15) is 6.10 Å². The monoisotopic (exact) mass is 249 g/mol. The molecule has 1 aliphatic carbocycles. The smallest absolute Gasteiger partial charge is 0.184 e. The first-order valence-electron chi connectivity index (χ1n) is 6.49. The lowest BCUT2D eigenvalue weighted by atomic mass is 9.86. The highest BCUT2D eigenvalue weighted by Gasteiger charge is 2.48. The maximum Gasteiger partial charge on any atom is 0.184 e. The number of hydrogen-bond donors (Lipinski definition) is 2. The second-order valence-electron chi connectivity index (χ2n) is 5.19. The van der Waals surface area contributed by atoms with Gasteiger partial charge in [0.05, 0.1) is 5.54 Å². The first-order valence-corrected chi connectivity index (χ1v) is 6.49. The van der Waals surface area contributed by atoms with Gasteiger partial charge in [-0.05, 0) is 18.4 Å². The summed E-state index contributed by atoms with van der Waals surface area (Å²) in [5.41, 5.74) is 4.37. The lowest BCUT2D eigenvalue weighted by Gasteiger charge is -2.33. The fourth-order valence-electron chi connectivity index (χ4n) is 3.28. The van der Waals surface area contributed by atoms with Crippen molar-refractivity contribution in [2.45, 2.75) is 43.6 Å². The quantitative estimate of drug-likeness (QED) is 0.809. The molecule has 0 saturated heterocycles. The van der Waals surface area contributed by atoms with Gasteiger partial charge < -0.3 is 14.7 Å². The Bertz CT molecular complexity index is 429. The Morgan fingerprint density at radius 2 is 1.94 bits per heavy atom. The van der Waals surface area contributed by atoms with Crippen LogP contribution >= 0.6 is 0 Å². The van der Waals surface area contributed by atoms with Gasteiger partial charge in [0, 0.05) is 12.7 Å². The molecule has 18 heavy (non-hydrogen) atoms. The van der Waals surface area contributed by atoms with E-state index in [0.29, 0.717) is 0 Å². The predicted molar refractivity (Wildman–Crippen MR) is 66.1 cm³/mol. The number of hydroxylamine groups is 1. The van der Waals surface area contributed by atoms with Crippen LogP contribution in [0, 0.1) is 0 Å². The van der Waals surface area contributed by atoms with Crippen molar-refractivity contribution in [3.63, 3.8) is 0 Å². The van der Waals surface area contributed by atoms with Crippen molar-refractivity contribution < 1.29 is 14.7 Å². The van der Waals surface area contributed by atoms with E-state index in [1.807, 2.05) is 18.2 Å². The highest BCUT2D eigenvalue weighted by atomic mass is 16.7. The fraction of sp³-hybridized carbons (Fsp3) is 0.571. The Hall–Kier alpha value is -0.940. The molecule has 1 fully saturated rings. The van der Waals surface area contributed by atoms with Crippen LogP contribution < -0.4 is 5.48 Å². The van der Waals surface area contributed by atoms with Gasteiger partial charge in [-0.15, -0.1) is 0 Å². The van der Waals surface area contributed by atoms with Gasteiger partial charge in [-0.3, -0.25) is 0 Å². The van der Waals surface area contributed by atoms with Crippen molar-refractivity contribution in [1.82, 2.24) is 5.48 Å². The number of ether oxygens (including phenoxy) is 2. The largest absolute Gasteiger partial charge is 0.352 e. The molecule has 2 N–H and O–H groups in total. The molecule has 1 aliphatic heterocycles. The Morgan fingerprint density at radius 3 is 2.56 bits per heavy atom. The SMILES string of the molecule is CO[C@@H]1O[C@H](C2(NO)CCCC2)c2ccccc21. The summed E-state index contributed by atoms with van der Waals surface area (Å²) < 4.78 is 11.4. The summed E-state index contributed by atoms with van der Waals surface area (Å²) >= 11 is 0. The van der Waals surface area contributed by atoms with Crippen molar-refractivity contribution in [2.75, 3.05) is 7.11 Å². The van der Waals surface area contributed by atoms with E-state index >= 15 is 0 Å². The van der Waals surface area contributed by atoms with Crippen molar-refractivity contribution in [3.05, 3.63) is 35.4 Å². The van der Waals surface area contributed by atoms with Crippen LogP contribution in [0.1, 0.15) is 49.2 Å². The first-order chi connectivity index (χ1) is 8.80. The zero-order valence-electron chi connectivity index (χ0n) is 10.6. The van der Waals surface area contributed by atoms with E-state index in [1.54, 1.807) is 7.11 Å². The molecule has 1 aromatic carbocycles. The van der Waals surface area contributed by atoms with Gasteiger partial charge in [0.2, 0.25) is 0 Å². The topological polar surface area (TPSA) is 50.7 Å². The Balaban J connectivity index is 1.99. The van der Waals surface area contributed by atoms with Crippen molar-refractivity contribution >= 4 is 0 Å². The molecule has 0 radical (unpaired) electrons. The molecule has 0 amide bonds. The molecule has 2 aliphatic rings. The minimum atomic E-state index is -0.358. The number of nitrogens with one attached hydrogen (secondary N) is 1. The summed E-state index contributed by atoms with van der Waals surface area (Å²) in [6.07, 6.45) is 3.64. The molecule has 0 unspecified atom stereocenters. The van der Waals surface area contributed by atoms with Crippen LogP contribution in [-0.2, 0) is 9.47 Å². The molecule has 0 spiro atoms. The molecule has 3 rings (SSSR count). The van der Waals surface area contributed by atoms with Crippen molar-refractivity contribution in [3.8, 4) is 0 Å². The average molecular weight is 249 g/mol. The molecular weight excluding hydrogens is 230 g/mol.